The number of amides is 1. The Morgan fingerprint density at radius 2 is 1.75 bits per heavy atom. The number of anilines is 3. The Hall–Kier alpha value is -2.49. The fourth-order valence-electron chi connectivity index (χ4n) is 3.43. The van der Waals surface area contributed by atoms with Gasteiger partial charge in [-0.2, -0.15) is 0 Å². The zero-order chi connectivity index (χ0) is 16.7. The summed E-state index contributed by atoms with van der Waals surface area (Å²) in [5.74, 6) is 0.0848. The maximum atomic E-state index is 13.1. The lowest BCUT2D eigenvalue weighted by molar-refractivity contribution is 0.0986. The molecule has 0 atom stereocenters. The first-order chi connectivity index (χ1) is 11.6. The number of carbonyl (C=O) groups is 1. The monoisotopic (exact) mass is 321 g/mol. The fraction of sp³-hybridized carbons (Fsp3) is 0.350. The van der Waals surface area contributed by atoms with E-state index in [1.807, 2.05) is 54.2 Å². The predicted molar refractivity (Wildman–Crippen MR) is 99.3 cm³/mol. The van der Waals surface area contributed by atoms with Gasteiger partial charge in [0.25, 0.3) is 5.91 Å². The van der Waals surface area contributed by atoms with Crippen LogP contribution in [0, 0.1) is 0 Å². The van der Waals surface area contributed by atoms with Crippen LogP contribution in [0.1, 0.15) is 23.2 Å². The van der Waals surface area contributed by atoms with Crippen LogP contribution in [-0.2, 0) is 0 Å². The highest BCUT2D eigenvalue weighted by Crippen LogP contribution is 2.40. The molecular formula is C20H23N3O. The van der Waals surface area contributed by atoms with E-state index in [0.29, 0.717) is 6.04 Å². The molecule has 0 aromatic heterocycles. The van der Waals surface area contributed by atoms with Crippen molar-refractivity contribution in [1.82, 2.24) is 0 Å². The number of benzene rings is 2. The molecule has 1 aliphatic carbocycles. The van der Waals surface area contributed by atoms with Crippen molar-refractivity contribution in [2.45, 2.75) is 18.9 Å². The predicted octanol–water partition coefficient (Wildman–Crippen LogP) is 3.38. The average Bonchev–Trinajstić information content (AvgIpc) is 3.45. The number of para-hydroxylation sites is 2. The molecule has 24 heavy (non-hydrogen) atoms. The van der Waals surface area contributed by atoms with Crippen molar-refractivity contribution in [2.75, 3.05) is 41.9 Å². The van der Waals surface area contributed by atoms with Crippen molar-refractivity contribution >= 4 is 23.0 Å². The Labute approximate surface area is 143 Å². The molecule has 2 aromatic rings. The number of nitrogens with zero attached hydrogens (tertiary/aromatic N) is 3. The summed E-state index contributed by atoms with van der Waals surface area (Å²) in [6.07, 6.45) is 2.54. The van der Waals surface area contributed by atoms with Gasteiger partial charge in [0.1, 0.15) is 0 Å². The van der Waals surface area contributed by atoms with Gasteiger partial charge in [-0.1, -0.05) is 18.2 Å². The van der Waals surface area contributed by atoms with Crippen LogP contribution in [-0.4, -0.2) is 39.1 Å². The van der Waals surface area contributed by atoms with Crippen LogP contribution >= 0.6 is 0 Å². The molecule has 4 heteroatoms. The van der Waals surface area contributed by atoms with E-state index in [4.69, 9.17) is 0 Å². The van der Waals surface area contributed by atoms with Crippen molar-refractivity contribution in [1.29, 1.82) is 0 Å². The molecule has 1 aliphatic heterocycles. The van der Waals surface area contributed by atoms with Crippen LogP contribution < -0.4 is 14.7 Å². The maximum absolute atomic E-state index is 13.1. The van der Waals surface area contributed by atoms with E-state index in [1.165, 1.54) is 18.5 Å². The molecule has 0 unspecified atom stereocenters. The molecule has 1 saturated carbocycles. The van der Waals surface area contributed by atoms with Crippen molar-refractivity contribution in [2.24, 2.45) is 0 Å². The SMILES string of the molecule is CN(C)c1cccc(C(=O)N2CCN(C3CC3)c3ccccc32)c1. The molecule has 1 heterocycles. The highest BCUT2D eigenvalue weighted by molar-refractivity contribution is 6.08. The minimum absolute atomic E-state index is 0.0848. The molecule has 0 spiro atoms. The lowest BCUT2D eigenvalue weighted by atomic mass is 10.1. The molecule has 0 bridgehead atoms. The van der Waals surface area contributed by atoms with E-state index in [2.05, 4.69) is 23.1 Å². The zero-order valence-electron chi connectivity index (χ0n) is 14.3. The van der Waals surface area contributed by atoms with Gasteiger partial charge in [-0.15, -0.1) is 0 Å². The Morgan fingerprint density at radius 3 is 2.46 bits per heavy atom. The Bertz CT molecular complexity index is 767. The van der Waals surface area contributed by atoms with E-state index >= 15 is 0 Å². The first-order valence-corrected chi connectivity index (χ1v) is 8.60. The van der Waals surface area contributed by atoms with E-state index in [9.17, 15) is 4.79 Å². The summed E-state index contributed by atoms with van der Waals surface area (Å²) in [6.45, 7) is 1.67. The summed E-state index contributed by atoms with van der Waals surface area (Å²) >= 11 is 0. The number of hydrogen-bond donors (Lipinski definition) is 0. The van der Waals surface area contributed by atoms with Gasteiger partial charge >= 0.3 is 0 Å². The van der Waals surface area contributed by atoms with Gasteiger partial charge in [-0.3, -0.25) is 4.79 Å². The van der Waals surface area contributed by atoms with Crippen molar-refractivity contribution in [3.63, 3.8) is 0 Å². The topological polar surface area (TPSA) is 26.8 Å². The standard InChI is InChI=1S/C20H23N3O/c1-21(2)17-7-5-6-15(14-17)20(24)23-13-12-22(16-10-11-16)18-8-3-4-9-19(18)23/h3-9,14,16H,10-13H2,1-2H3. The second kappa shape index (κ2) is 5.86. The summed E-state index contributed by atoms with van der Waals surface area (Å²) < 4.78 is 0. The molecule has 0 radical (unpaired) electrons. The maximum Gasteiger partial charge on any atom is 0.258 e. The number of hydrogen-bond acceptors (Lipinski definition) is 3. The molecule has 1 fully saturated rings. The molecule has 1 amide bonds. The lowest BCUT2D eigenvalue weighted by Gasteiger charge is -2.38. The molecular weight excluding hydrogens is 298 g/mol. The van der Waals surface area contributed by atoms with Crippen molar-refractivity contribution in [3.8, 4) is 0 Å². The molecule has 124 valence electrons. The second-order valence-electron chi connectivity index (χ2n) is 6.81. The van der Waals surface area contributed by atoms with Gasteiger partial charge < -0.3 is 14.7 Å². The largest absolute Gasteiger partial charge is 0.378 e. The van der Waals surface area contributed by atoms with Crippen LogP contribution in [0.4, 0.5) is 17.1 Å². The third-order valence-electron chi connectivity index (χ3n) is 4.89. The molecule has 2 aliphatic rings. The molecule has 0 N–H and O–H groups in total. The minimum Gasteiger partial charge on any atom is -0.378 e. The van der Waals surface area contributed by atoms with Gasteiger partial charge in [0, 0.05) is 44.5 Å². The van der Waals surface area contributed by atoms with Crippen LogP contribution in [0.5, 0.6) is 0 Å². The Morgan fingerprint density at radius 1 is 1.00 bits per heavy atom. The molecule has 0 saturated heterocycles. The minimum atomic E-state index is 0.0848. The Balaban J connectivity index is 1.67. The van der Waals surface area contributed by atoms with E-state index < -0.39 is 0 Å². The third-order valence-corrected chi connectivity index (χ3v) is 4.89. The molecule has 4 rings (SSSR count). The van der Waals surface area contributed by atoms with Crippen LogP contribution in [0.3, 0.4) is 0 Å². The fourth-order valence-corrected chi connectivity index (χ4v) is 3.43. The number of rotatable bonds is 3. The summed E-state index contributed by atoms with van der Waals surface area (Å²) in [5.41, 5.74) is 4.03. The van der Waals surface area contributed by atoms with Gasteiger partial charge in [0.15, 0.2) is 0 Å². The van der Waals surface area contributed by atoms with E-state index in [0.717, 1.165) is 30.0 Å². The van der Waals surface area contributed by atoms with Gasteiger partial charge in [-0.05, 0) is 43.2 Å². The average molecular weight is 321 g/mol. The second-order valence-corrected chi connectivity index (χ2v) is 6.81. The highest BCUT2D eigenvalue weighted by atomic mass is 16.2. The van der Waals surface area contributed by atoms with Crippen LogP contribution in [0.2, 0.25) is 0 Å². The Kier molecular flexibility index (Phi) is 3.68. The first-order valence-electron chi connectivity index (χ1n) is 8.60. The van der Waals surface area contributed by atoms with Gasteiger partial charge in [-0.25, -0.2) is 0 Å². The van der Waals surface area contributed by atoms with E-state index in [1.54, 1.807) is 0 Å². The summed E-state index contributed by atoms with van der Waals surface area (Å²) in [7, 11) is 3.99. The normalized spacial score (nSPS) is 16.8. The van der Waals surface area contributed by atoms with Crippen LogP contribution in [0.25, 0.3) is 0 Å². The number of fused-ring (bicyclic) bond motifs is 1. The quantitative estimate of drug-likeness (QED) is 0.867. The lowest BCUT2D eigenvalue weighted by Crippen LogP contribution is -2.45. The summed E-state index contributed by atoms with van der Waals surface area (Å²) in [5, 5.41) is 0. The van der Waals surface area contributed by atoms with Gasteiger partial charge in [0.2, 0.25) is 0 Å². The zero-order valence-corrected chi connectivity index (χ0v) is 14.3. The summed E-state index contributed by atoms with van der Waals surface area (Å²) in [6, 6.07) is 16.8. The first kappa shape index (κ1) is 15.1. The summed E-state index contributed by atoms with van der Waals surface area (Å²) in [4.78, 5) is 19.5. The van der Waals surface area contributed by atoms with Crippen molar-refractivity contribution < 1.29 is 4.79 Å². The van der Waals surface area contributed by atoms with Gasteiger partial charge in [0.05, 0.1) is 11.4 Å². The highest BCUT2D eigenvalue weighted by Gasteiger charge is 2.35. The molecule has 2 aromatic carbocycles. The third kappa shape index (κ3) is 2.62. The van der Waals surface area contributed by atoms with E-state index in [-0.39, 0.29) is 5.91 Å². The smallest absolute Gasteiger partial charge is 0.258 e. The van der Waals surface area contributed by atoms with Crippen LogP contribution in [0.15, 0.2) is 48.5 Å². The molecule has 4 nitrogen and oxygen atoms in total. The van der Waals surface area contributed by atoms with Crippen molar-refractivity contribution in [3.05, 3.63) is 54.1 Å². The number of carbonyl (C=O) groups excluding carboxylic acids is 1.